The van der Waals surface area contributed by atoms with Gasteiger partial charge >= 0.3 is 5.97 Å². The second-order valence-corrected chi connectivity index (χ2v) is 5.02. The summed E-state index contributed by atoms with van der Waals surface area (Å²) in [6.45, 7) is 8.68. The summed E-state index contributed by atoms with van der Waals surface area (Å²) in [6.07, 6.45) is -0.109. The van der Waals surface area contributed by atoms with Crippen LogP contribution in [0.3, 0.4) is 0 Å². The monoisotopic (exact) mass is 268 g/mol. The normalized spacial score (nSPS) is 21.6. The highest BCUT2D eigenvalue weighted by Crippen LogP contribution is 2.23. The van der Waals surface area contributed by atoms with Gasteiger partial charge in [0.1, 0.15) is 11.8 Å². The fourth-order valence-electron chi connectivity index (χ4n) is 2.10. The minimum Gasteiger partial charge on any atom is -0.461 e. The highest BCUT2D eigenvalue weighted by Gasteiger charge is 2.33. The number of aromatic nitrogens is 2. The molecule has 2 heterocycles. The first-order chi connectivity index (χ1) is 8.91. The van der Waals surface area contributed by atoms with E-state index in [1.165, 1.54) is 0 Å². The van der Waals surface area contributed by atoms with E-state index in [4.69, 9.17) is 14.2 Å². The van der Waals surface area contributed by atoms with Crippen LogP contribution in [0.25, 0.3) is 0 Å². The highest BCUT2D eigenvalue weighted by atomic mass is 16.7. The van der Waals surface area contributed by atoms with Crippen LogP contribution >= 0.6 is 0 Å². The van der Waals surface area contributed by atoms with Crippen LogP contribution in [0, 0.1) is 6.92 Å². The second kappa shape index (κ2) is 5.30. The van der Waals surface area contributed by atoms with E-state index in [-0.39, 0.29) is 12.1 Å². The van der Waals surface area contributed by atoms with E-state index in [0.29, 0.717) is 25.5 Å². The van der Waals surface area contributed by atoms with Crippen molar-refractivity contribution >= 4 is 5.97 Å². The van der Waals surface area contributed by atoms with Gasteiger partial charge in [-0.1, -0.05) is 0 Å². The van der Waals surface area contributed by atoms with Crippen LogP contribution < -0.4 is 0 Å². The molecule has 6 heteroatoms. The van der Waals surface area contributed by atoms with E-state index in [1.54, 1.807) is 17.7 Å². The van der Waals surface area contributed by atoms with E-state index in [1.807, 2.05) is 20.8 Å². The van der Waals surface area contributed by atoms with Gasteiger partial charge in [-0.05, 0) is 33.8 Å². The summed E-state index contributed by atoms with van der Waals surface area (Å²) in [6, 6.07) is 1.72. The molecule has 2 rings (SSSR count). The molecule has 1 saturated heterocycles. The summed E-state index contributed by atoms with van der Waals surface area (Å²) >= 11 is 0. The predicted octanol–water partition coefficient (Wildman–Crippen LogP) is 1.52. The van der Waals surface area contributed by atoms with Crippen LogP contribution in [-0.2, 0) is 20.8 Å². The molecule has 0 spiro atoms. The van der Waals surface area contributed by atoms with Crippen molar-refractivity contribution in [3.63, 3.8) is 0 Å². The fourth-order valence-corrected chi connectivity index (χ4v) is 2.10. The molecule has 0 radical (unpaired) electrons. The van der Waals surface area contributed by atoms with Crippen molar-refractivity contribution in [2.45, 2.75) is 46.1 Å². The quantitative estimate of drug-likeness (QED) is 0.775. The summed E-state index contributed by atoms with van der Waals surface area (Å²) in [5.74, 6) is -0.932. The number of nitrogens with zero attached hydrogens (tertiary/aromatic N) is 2. The van der Waals surface area contributed by atoms with Crippen molar-refractivity contribution in [3.8, 4) is 0 Å². The highest BCUT2D eigenvalue weighted by molar-refractivity contribution is 5.87. The lowest BCUT2D eigenvalue weighted by atomic mass is 10.3. The zero-order valence-electron chi connectivity index (χ0n) is 11.8. The molecule has 0 N–H and O–H groups in total. The largest absolute Gasteiger partial charge is 0.461 e. The van der Waals surface area contributed by atoms with Gasteiger partial charge in [-0.25, -0.2) is 4.79 Å². The third kappa shape index (κ3) is 3.33. The lowest BCUT2D eigenvalue weighted by molar-refractivity contribution is -0.139. The molecule has 1 atom stereocenters. The van der Waals surface area contributed by atoms with Gasteiger partial charge in [0.05, 0.1) is 25.5 Å². The van der Waals surface area contributed by atoms with E-state index < -0.39 is 5.79 Å². The first kappa shape index (κ1) is 14.0. The summed E-state index contributed by atoms with van der Waals surface area (Å²) in [4.78, 5) is 11.8. The van der Waals surface area contributed by atoms with Crippen LogP contribution in [0.5, 0.6) is 0 Å². The Labute approximate surface area is 112 Å². The molecule has 0 amide bonds. The van der Waals surface area contributed by atoms with Crippen molar-refractivity contribution in [2.75, 3.05) is 13.2 Å². The Balaban J connectivity index is 2.10. The van der Waals surface area contributed by atoms with Crippen LogP contribution in [0.2, 0.25) is 0 Å². The molecule has 1 fully saturated rings. The lowest BCUT2D eigenvalue weighted by Crippen LogP contribution is -2.26. The third-order valence-electron chi connectivity index (χ3n) is 2.83. The first-order valence-electron chi connectivity index (χ1n) is 6.44. The van der Waals surface area contributed by atoms with Crippen LogP contribution in [0.4, 0.5) is 0 Å². The molecule has 0 aliphatic carbocycles. The molecule has 1 aromatic heterocycles. The Morgan fingerprint density at radius 1 is 1.63 bits per heavy atom. The molecule has 1 aliphatic rings. The fraction of sp³-hybridized carbons (Fsp3) is 0.692. The Kier molecular flexibility index (Phi) is 3.91. The Hall–Kier alpha value is -1.40. The molecule has 1 aromatic rings. The van der Waals surface area contributed by atoms with E-state index in [2.05, 4.69) is 5.10 Å². The molecule has 1 unspecified atom stereocenters. The summed E-state index contributed by atoms with van der Waals surface area (Å²) in [5.41, 5.74) is 1.23. The number of hydrogen-bond donors (Lipinski definition) is 0. The van der Waals surface area contributed by atoms with Gasteiger partial charge in [0.2, 0.25) is 0 Å². The van der Waals surface area contributed by atoms with Crippen molar-refractivity contribution in [3.05, 3.63) is 17.5 Å². The molecular weight excluding hydrogens is 248 g/mol. The van der Waals surface area contributed by atoms with Crippen LogP contribution in [0.1, 0.15) is 37.0 Å². The van der Waals surface area contributed by atoms with Crippen molar-refractivity contribution in [1.82, 2.24) is 9.78 Å². The van der Waals surface area contributed by atoms with Crippen molar-refractivity contribution in [1.29, 1.82) is 0 Å². The minimum absolute atomic E-state index is 0.109. The Morgan fingerprint density at radius 2 is 2.37 bits per heavy atom. The Bertz CT molecular complexity index is 467. The molecule has 6 nitrogen and oxygen atoms in total. The van der Waals surface area contributed by atoms with Gasteiger partial charge in [0, 0.05) is 0 Å². The topological polar surface area (TPSA) is 62.6 Å². The molecule has 106 valence electrons. The van der Waals surface area contributed by atoms with Crippen LogP contribution in [-0.4, -0.2) is 40.9 Å². The van der Waals surface area contributed by atoms with E-state index >= 15 is 0 Å². The van der Waals surface area contributed by atoms with Gasteiger partial charge in [0.25, 0.3) is 0 Å². The average Bonchev–Trinajstić information content (AvgIpc) is 2.83. The number of rotatable bonds is 4. The van der Waals surface area contributed by atoms with Gasteiger partial charge < -0.3 is 14.2 Å². The number of carbonyl (C=O) groups is 1. The van der Waals surface area contributed by atoms with Crippen molar-refractivity contribution < 1.29 is 19.0 Å². The number of hydrogen-bond acceptors (Lipinski definition) is 5. The van der Waals surface area contributed by atoms with Gasteiger partial charge in [0.15, 0.2) is 5.79 Å². The van der Waals surface area contributed by atoms with Gasteiger partial charge in [-0.3, -0.25) is 4.68 Å². The number of carbonyl (C=O) groups excluding carboxylic acids is 1. The molecule has 0 bridgehead atoms. The van der Waals surface area contributed by atoms with Gasteiger partial charge in [-0.2, -0.15) is 5.10 Å². The third-order valence-corrected chi connectivity index (χ3v) is 2.83. The predicted molar refractivity (Wildman–Crippen MR) is 67.8 cm³/mol. The Morgan fingerprint density at radius 3 is 2.95 bits per heavy atom. The maximum atomic E-state index is 11.8. The first-order valence-corrected chi connectivity index (χ1v) is 6.44. The summed E-state index contributed by atoms with van der Waals surface area (Å²) in [7, 11) is 0. The summed E-state index contributed by atoms with van der Waals surface area (Å²) in [5, 5.41) is 4.31. The molecule has 1 aliphatic heterocycles. The molecule has 19 heavy (non-hydrogen) atoms. The van der Waals surface area contributed by atoms with Crippen LogP contribution in [0.15, 0.2) is 6.07 Å². The zero-order chi connectivity index (χ0) is 14.0. The molecule has 0 saturated carbocycles. The zero-order valence-corrected chi connectivity index (χ0v) is 11.8. The van der Waals surface area contributed by atoms with E-state index in [0.717, 1.165) is 5.69 Å². The molecule has 0 aromatic carbocycles. The lowest BCUT2D eigenvalue weighted by Gasteiger charge is -2.17. The second-order valence-electron chi connectivity index (χ2n) is 5.02. The van der Waals surface area contributed by atoms with Crippen molar-refractivity contribution in [2.24, 2.45) is 0 Å². The average molecular weight is 268 g/mol. The maximum absolute atomic E-state index is 11.8. The number of aryl methyl sites for hydroxylation is 1. The standard InChI is InChI=1S/C13H20N2O4/c1-5-17-12(16)11-6-9(2)14-15(11)7-10-8-18-13(3,4)19-10/h6,10H,5,7-8H2,1-4H3. The maximum Gasteiger partial charge on any atom is 0.356 e. The van der Waals surface area contributed by atoms with E-state index in [9.17, 15) is 4.79 Å². The van der Waals surface area contributed by atoms with Gasteiger partial charge in [-0.15, -0.1) is 0 Å². The number of ether oxygens (including phenoxy) is 3. The number of esters is 1. The SMILES string of the molecule is CCOC(=O)c1cc(C)nn1CC1COC(C)(C)O1. The molecular formula is C13H20N2O4. The summed E-state index contributed by atoms with van der Waals surface area (Å²) < 4.78 is 17.9. The smallest absolute Gasteiger partial charge is 0.356 e. The minimum atomic E-state index is -0.572.